The summed E-state index contributed by atoms with van der Waals surface area (Å²) in [5.74, 6) is 0.651. The van der Waals surface area contributed by atoms with Gasteiger partial charge in [-0.05, 0) is 73.8 Å². The number of likely N-dealkylation sites (tertiary alicyclic amines) is 1. The Balaban J connectivity index is 1.28. The lowest BCUT2D eigenvalue weighted by Crippen LogP contribution is -2.35. The molecule has 156 valence electrons. The van der Waals surface area contributed by atoms with Crippen molar-refractivity contribution in [2.75, 3.05) is 13.1 Å². The first-order valence-corrected chi connectivity index (χ1v) is 11.5. The summed E-state index contributed by atoms with van der Waals surface area (Å²) in [6.45, 7) is 5.24. The number of nitrogens with zero attached hydrogens (tertiary/aromatic N) is 1. The van der Waals surface area contributed by atoms with Gasteiger partial charge in [-0.25, -0.2) is 0 Å². The predicted octanol–water partition coefficient (Wildman–Crippen LogP) is 5.28. The minimum atomic E-state index is -0.0980. The van der Waals surface area contributed by atoms with Crippen LogP contribution in [0.3, 0.4) is 0 Å². The second-order valence-electron chi connectivity index (χ2n) is 8.90. The van der Waals surface area contributed by atoms with Crippen molar-refractivity contribution < 1.29 is 5.11 Å². The van der Waals surface area contributed by atoms with Crippen molar-refractivity contribution >= 4 is 11.6 Å². The van der Waals surface area contributed by atoms with Crippen molar-refractivity contribution in [3.8, 4) is 0 Å². The molecule has 2 N–H and O–H groups in total. The fraction of sp³-hybridized carbons (Fsp3) is 0.520. The summed E-state index contributed by atoms with van der Waals surface area (Å²) in [4.78, 5) is 2.45. The molecule has 4 heteroatoms. The van der Waals surface area contributed by atoms with E-state index in [9.17, 15) is 5.11 Å². The van der Waals surface area contributed by atoms with Crippen LogP contribution < -0.4 is 5.32 Å². The van der Waals surface area contributed by atoms with Gasteiger partial charge in [-0.15, -0.1) is 0 Å². The molecule has 1 saturated carbocycles. The van der Waals surface area contributed by atoms with E-state index in [-0.39, 0.29) is 6.10 Å². The average molecular weight is 413 g/mol. The zero-order valence-electron chi connectivity index (χ0n) is 17.4. The zero-order valence-corrected chi connectivity index (χ0v) is 18.1. The summed E-state index contributed by atoms with van der Waals surface area (Å²) >= 11 is 6.15. The summed E-state index contributed by atoms with van der Waals surface area (Å²) in [6.07, 6.45) is 5.40. The van der Waals surface area contributed by atoms with E-state index in [1.54, 1.807) is 0 Å². The lowest BCUT2D eigenvalue weighted by Gasteiger charge is -2.29. The maximum absolute atomic E-state index is 9.67. The molecule has 2 aromatic carbocycles. The Morgan fingerprint density at radius 3 is 2.55 bits per heavy atom. The van der Waals surface area contributed by atoms with E-state index in [0.717, 1.165) is 37.5 Å². The van der Waals surface area contributed by atoms with E-state index in [1.165, 1.54) is 36.0 Å². The molecular weight excluding hydrogens is 380 g/mol. The number of hydrogen-bond acceptors (Lipinski definition) is 3. The number of piperidine rings is 1. The number of benzene rings is 2. The van der Waals surface area contributed by atoms with Gasteiger partial charge in [-0.3, -0.25) is 4.90 Å². The van der Waals surface area contributed by atoms with Gasteiger partial charge in [0.2, 0.25) is 0 Å². The Kier molecular flexibility index (Phi) is 6.92. The van der Waals surface area contributed by atoms with E-state index >= 15 is 0 Å². The molecule has 3 unspecified atom stereocenters. The molecule has 1 aliphatic carbocycles. The van der Waals surface area contributed by atoms with Crippen LogP contribution in [0.1, 0.15) is 67.7 Å². The monoisotopic (exact) mass is 412 g/mol. The van der Waals surface area contributed by atoms with Crippen LogP contribution in [0.2, 0.25) is 5.02 Å². The molecule has 2 fully saturated rings. The average Bonchev–Trinajstić information content (AvgIpc) is 3.19. The number of aliphatic hydroxyl groups excluding tert-OH is 1. The summed E-state index contributed by atoms with van der Waals surface area (Å²) < 4.78 is 0. The van der Waals surface area contributed by atoms with Gasteiger partial charge in [0.05, 0.1) is 6.10 Å². The number of rotatable bonds is 6. The predicted molar refractivity (Wildman–Crippen MR) is 120 cm³/mol. The number of hydrogen-bond donors (Lipinski definition) is 2. The zero-order chi connectivity index (χ0) is 20.2. The lowest BCUT2D eigenvalue weighted by atomic mass is 9.96. The second kappa shape index (κ2) is 9.61. The van der Waals surface area contributed by atoms with Crippen molar-refractivity contribution in [1.29, 1.82) is 0 Å². The standard InChI is InChI=1S/C25H33ClN2O/c1-18(21-3-2-4-23(26)15-21)27-24-10-9-22(16-24)20-7-5-19(6-8-20)17-28-13-11-25(29)12-14-28/h2-8,15,18,22,24-25,27,29H,9-14,16-17H2,1H3. The highest BCUT2D eigenvalue weighted by molar-refractivity contribution is 6.30. The van der Waals surface area contributed by atoms with Gasteiger partial charge in [0, 0.05) is 36.7 Å². The van der Waals surface area contributed by atoms with Crippen molar-refractivity contribution in [3.63, 3.8) is 0 Å². The Bertz CT molecular complexity index is 786. The molecule has 3 nitrogen and oxygen atoms in total. The number of aliphatic hydroxyl groups is 1. The largest absolute Gasteiger partial charge is 0.393 e. The van der Waals surface area contributed by atoms with Crippen LogP contribution in [0.15, 0.2) is 48.5 Å². The second-order valence-corrected chi connectivity index (χ2v) is 9.34. The molecule has 4 rings (SSSR count). The van der Waals surface area contributed by atoms with Crippen molar-refractivity contribution in [2.24, 2.45) is 0 Å². The molecule has 1 aliphatic heterocycles. The van der Waals surface area contributed by atoms with Crippen LogP contribution in [-0.2, 0) is 6.54 Å². The van der Waals surface area contributed by atoms with Gasteiger partial charge >= 0.3 is 0 Å². The highest BCUT2D eigenvalue weighted by Crippen LogP contribution is 2.35. The molecule has 2 aliphatic rings. The van der Waals surface area contributed by atoms with Crippen LogP contribution in [-0.4, -0.2) is 35.2 Å². The van der Waals surface area contributed by atoms with E-state index < -0.39 is 0 Å². The molecule has 0 amide bonds. The molecular formula is C25H33ClN2O. The van der Waals surface area contributed by atoms with Crippen LogP contribution in [0.25, 0.3) is 0 Å². The Hall–Kier alpha value is -1.39. The van der Waals surface area contributed by atoms with E-state index in [0.29, 0.717) is 18.0 Å². The lowest BCUT2D eigenvalue weighted by molar-refractivity contribution is 0.0792. The van der Waals surface area contributed by atoms with Crippen LogP contribution in [0, 0.1) is 0 Å². The van der Waals surface area contributed by atoms with Crippen LogP contribution in [0.5, 0.6) is 0 Å². The molecule has 1 saturated heterocycles. The maximum atomic E-state index is 9.67. The maximum Gasteiger partial charge on any atom is 0.0564 e. The van der Waals surface area contributed by atoms with E-state index in [1.807, 2.05) is 12.1 Å². The summed E-state index contributed by atoms with van der Waals surface area (Å²) in [5, 5.41) is 14.3. The van der Waals surface area contributed by atoms with Gasteiger partial charge < -0.3 is 10.4 Å². The molecule has 0 radical (unpaired) electrons. The molecule has 29 heavy (non-hydrogen) atoms. The van der Waals surface area contributed by atoms with Crippen molar-refractivity contribution in [3.05, 3.63) is 70.2 Å². The molecule has 1 heterocycles. The summed E-state index contributed by atoms with van der Waals surface area (Å²) in [7, 11) is 0. The topological polar surface area (TPSA) is 35.5 Å². The molecule has 0 aromatic heterocycles. The first kappa shape index (κ1) is 20.9. The van der Waals surface area contributed by atoms with E-state index in [2.05, 4.69) is 53.5 Å². The van der Waals surface area contributed by atoms with Gasteiger partial charge in [0.25, 0.3) is 0 Å². The van der Waals surface area contributed by atoms with Gasteiger partial charge in [0.1, 0.15) is 0 Å². The Morgan fingerprint density at radius 1 is 1.07 bits per heavy atom. The van der Waals surface area contributed by atoms with Gasteiger partial charge in [0.15, 0.2) is 0 Å². The van der Waals surface area contributed by atoms with Crippen LogP contribution in [0.4, 0.5) is 0 Å². The Labute approximate surface area is 180 Å². The molecule has 2 aromatic rings. The SMILES string of the molecule is CC(NC1CCC(c2ccc(CN3CCC(O)CC3)cc2)C1)c1cccc(Cl)c1. The molecule has 0 spiro atoms. The minimum absolute atomic E-state index is 0.0980. The van der Waals surface area contributed by atoms with E-state index in [4.69, 9.17) is 11.6 Å². The normalized spacial score (nSPS) is 24.7. The quantitative estimate of drug-likeness (QED) is 0.677. The highest BCUT2D eigenvalue weighted by atomic mass is 35.5. The third-order valence-corrected chi connectivity index (χ3v) is 6.92. The first-order valence-electron chi connectivity index (χ1n) is 11.1. The minimum Gasteiger partial charge on any atom is -0.393 e. The van der Waals surface area contributed by atoms with Crippen molar-refractivity contribution in [2.45, 2.75) is 69.7 Å². The highest BCUT2D eigenvalue weighted by Gasteiger charge is 2.27. The molecule has 0 bridgehead atoms. The smallest absolute Gasteiger partial charge is 0.0564 e. The fourth-order valence-corrected chi connectivity index (χ4v) is 5.09. The Morgan fingerprint density at radius 2 is 1.83 bits per heavy atom. The fourth-order valence-electron chi connectivity index (χ4n) is 4.89. The van der Waals surface area contributed by atoms with Gasteiger partial charge in [-0.2, -0.15) is 0 Å². The third kappa shape index (κ3) is 5.61. The third-order valence-electron chi connectivity index (χ3n) is 6.68. The number of halogens is 1. The van der Waals surface area contributed by atoms with Crippen LogP contribution >= 0.6 is 11.6 Å². The summed E-state index contributed by atoms with van der Waals surface area (Å²) in [5.41, 5.74) is 4.12. The first-order chi connectivity index (χ1) is 14.1. The van der Waals surface area contributed by atoms with Crippen molar-refractivity contribution in [1.82, 2.24) is 10.2 Å². The van der Waals surface area contributed by atoms with Gasteiger partial charge in [-0.1, -0.05) is 48.0 Å². The number of nitrogens with one attached hydrogen (secondary N) is 1. The summed E-state index contributed by atoms with van der Waals surface area (Å²) in [6, 6.07) is 18.3. The molecule has 3 atom stereocenters.